The lowest BCUT2D eigenvalue weighted by Crippen LogP contribution is -2.15. The van der Waals surface area contributed by atoms with E-state index in [1.165, 1.54) is 12.1 Å². The van der Waals surface area contributed by atoms with Gasteiger partial charge in [0, 0.05) is 6.42 Å². The maximum absolute atomic E-state index is 12.6. The van der Waals surface area contributed by atoms with Crippen LogP contribution in [0.1, 0.15) is 19.3 Å². The Labute approximate surface area is 124 Å². The van der Waals surface area contributed by atoms with Crippen molar-refractivity contribution >= 4 is 36.5 Å². The third kappa shape index (κ3) is 6.18. The third-order valence-corrected chi connectivity index (χ3v) is 2.94. The number of anilines is 1. The van der Waals surface area contributed by atoms with E-state index < -0.39 is 5.82 Å². The Hall–Kier alpha value is -0.910. The Morgan fingerprint density at radius 1 is 1.47 bits per heavy atom. The normalized spacial score (nSPS) is 17.2. The zero-order valence-electron chi connectivity index (χ0n) is 10.4. The fraction of sp³-hybridized carbons (Fsp3) is 0.500. The molecular formula is C12H18Cl2FN3O. The summed E-state index contributed by atoms with van der Waals surface area (Å²) in [5, 5.41) is 5.92. The highest BCUT2D eigenvalue weighted by Crippen LogP contribution is 2.14. The van der Waals surface area contributed by atoms with Crippen molar-refractivity contribution in [3.8, 4) is 0 Å². The van der Waals surface area contributed by atoms with E-state index in [4.69, 9.17) is 0 Å². The molecule has 2 heterocycles. The lowest BCUT2D eigenvalue weighted by Gasteiger charge is -2.08. The second-order valence-corrected chi connectivity index (χ2v) is 4.31. The molecule has 1 aromatic rings. The number of carbonyl (C=O) groups is 1. The lowest BCUT2D eigenvalue weighted by molar-refractivity contribution is -0.116. The van der Waals surface area contributed by atoms with Crippen LogP contribution in [0.15, 0.2) is 18.3 Å². The summed E-state index contributed by atoms with van der Waals surface area (Å²) in [6.07, 6.45) is 3.62. The second kappa shape index (κ2) is 9.07. The van der Waals surface area contributed by atoms with Crippen LogP contribution >= 0.6 is 24.8 Å². The molecule has 1 aromatic heterocycles. The molecule has 0 saturated carbocycles. The summed E-state index contributed by atoms with van der Waals surface area (Å²) in [5.41, 5.74) is 0. The molecule has 1 amide bonds. The molecule has 2 N–H and O–H groups in total. The number of aromatic nitrogens is 1. The van der Waals surface area contributed by atoms with Crippen LogP contribution in [0, 0.1) is 11.7 Å². The Balaban J connectivity index is 0.00000162. The molecule has 0 bridgehead atoms. The first-order chi connectivity index (χ1) is 8.24. The summed E-state index contributed by atoms with van der Waals surface area (Å²) in [5.74, 6) is 0.541. The summed E-state index contributed by atoms with van der Waals surface area (Å²) in [7, 11) is 0. The minimum atomic E-state index is -0.403. The Bertz CT molecular complexity index is 383. The largest absolute Gasteiger partial charge is 0.316 e. The van der Waals surface area contributed by atoms with Crippen molar-refractivity contribution in [3.63, 3.8) is 0 Å². The number of nitrogens with one attached hydrogen (secondary N) is 2. The van der Waals surface area contributed by atoms with Crippen molar-refractivity contribution in [3.05, 3.63) is 24.1 Å². The minimum absolute atomic E-state index is 0. The number of rotatable bonds is 4. The fourth-order valence-electron chi connectivity index (χ4n) is 1.95. The van der Waals surface area contributed by atoms with Crippen LogP contribution in [0.3, 0.4) is 0 Å². The van der Waals surface area contributed by atoms with E-state index in [1.807, 2.05) is 0 Å². The predicted molar refractivity (Wildman–Crippen MR) is 77.5 cm³/mol. The van der Waals surface area contributed by atoms with Gasteiger partial charge in [-0.3, -0.25) is 4.79 Å². The van der Waals surface area contributed by atoms with E-state index in [0.29, 0.717) is 18.2 Å². The molecule has 0 radical (unpaired) electrons. The van der Waals surface area contributed by atoms with E-state index >= 15 is 0 Å². The van der Waals surface area contributed by atoms with Crippen LogP contribution < -0.4 is 10.6 Å². The molecule has 1 aliphatic heterocycles. The number of amides is 1. The summed E-state index contributed by atoms with van der Waals surface area (Å²) < 4.78 is 12.6. The van der Waals surface area contributed by atoms with Gasteiger partial charge < -0.3 is 10.6 Å². The van der Waals surface area contributed by atoms with E-state index in [9.17, 15) is 9.18 Å². The number of halogens is 3. The molecule has 0 aromatic carbocycles. The molecule has 1 fully saturated rings. The minimum Gasteiger partial charge on any atom is -0.316 e. The van der Waals surface area contributed by atoms with Crippen LogP contribution in [0.25, 0.3) is 0 Å². The van der Waals surface area contributed by atoms with Gasteiger partial charge in [-0.2, -0.15) is 0 Å². The monoisotopic (exact) mass is 309 g/mol. The number of hydrogen-bond acceptors (Lipinski definition) is 3. The molecule has 19 heavy (non-hydrogen) atoms. The molecule has 1 saturated heterocycles. The van der Waals surface area contributed by atoms with Gasteiger partial charge in [-0.15, -0.1) is 24.8 Å². The average Bonchev–Trinajstić information content (AvgIpc) is 2.83. The van der Waals surface area contributed by atoms with Crippen LogP contribution in [0.5, 0.6) is 0 Å². The zero-order chi connectivity index (χ0) is 12.1. The van der Waals surface area contributed by atoms with E-state index in [-0.39, 0.29) is 30.7 Å². The van der Waals surface area contributed by atoms with Crippen molar-refractivity contribution < 1.29 is 9.18 Å². The first-order valence-corrected chi connectivity index (χ1v) is 5.86. The Morgan fingerprint density at radius 2 is 2.26 bits per heavy atom. The van der Waals surface area contributed by atoms with Crippen molar-refractivity contribution in [1.82, 2.24) is 10.3 Å². The van der Waals surface area contributed by atoms with Gasteiger partial charge in [-0.05, 0) is 44.0 Å². The first kappa shape index (κ1) is 18.1. The maximum atomic E-state index is 12.6. The highest BCUT2D eigenvalue weighted by Gasteiger charge is 2.15. The van der Waals surface area contributed by atoms with Gasteiger partial charge in [0.15, 0.2) is 0 Å². The number of hydrogen-bond donors (Lipinski definition) is 2. The van der Waals surface area contributed by atoms with Crippen LogP contribution in [-0.4, -0.2) is 24.0 Å². The number of carbonyl (C=O) groups excluding carboxylic acids is 1. The number of pyridine rings is 1. The van der Waals surface area contributed by atoms with Crippen molar-refractivity contribution in [1.29, 1.82) is 0 Å². The molecule has 108 valence electrons. The van der Waals surface area contributed by atoms with Gasteiger partial charge in [0.05, 0.1) is 6.20 Å². The van der Waals surface area contributed by atoms with Gasteiger partial charge >= 0.3 is 0 Å². The van der Waals surface area contributed by atoms with E-state index in [0.717, 1.165) is 32.1 Å². The maximum Gasteiger partial charge on any atom is 0.225 e. The SMILES string of the molecule is Cl.Cl.O=C(CCC1CCNC1)Nc1ccc(F)cn1. The molecule has 7 heteroatoms. The van der Waals surface area contributed by atoms with Gasteiger partial charge in [0.25, 0.3) is 0 Å². The average molecular weight is 310 g/mol. The molecular weight excluding hydrogens is 292 g/mol. The third-order valence-electron chi connectivity index (χ3n) is 2.94. The summed E-state index contributed by atoms with van der Waals surface area (Å²) >= 11 is 0. The van der Waals surface area contributed by atoms with Crippen LogP contribution in [0.2, 0.25) is 0 Å². The smallest absolute Gasteiger partial charge is 0.225 e. The fourth-order valence-corrected chi connectivity index (χ4v) is 1.95. The summed E-state index contributed by atoms with van der Waals surface area (Å²) in [6.45, 7) is 2.05. The number of nitrogens with zero attached hydrogens (tertiary/aromatic N) is 1. The van der Waals surface area contributed by atoms with Gasteiger partial charge in [0.1, 0.15) is 11.6 Å². The van der Waals surface area contributed by atoms with E-state index in [2.05, 4.69) is 15.6 Å². The highest BCUT2D eigenvalue weighted by molar-refractivity contribution is 5.89. The molecule has 4 nitrogen and oxygen atoms in total. The molecule has 0 aliphatic carbocycles. The van der Waals surface area contributed by atoms with Crippen molar-refractivity contribution in [2.45, 2.75) is 19.3 Å². The zero-order valence-corrected chi connectivity index (χ0v) is 12.0. The Kier molecular flexibility index (Phi) is 8.63. The quantitative estimate of drug-likeness (QED) is 0.898. The highest BCUT2D eigenvalue weighted by atomic mass is 35.5. The molecule has 2 rings (SSSR count). The topological polar surface area (TPSA) is 54.0 Å². The summed E-state index contributed by atoms with van der Waals surface area (Å²) in [6, 6.07) is 2.74. The van der Waals surface area contributed by atoms with Gasteiger partial charge in [0.2, 0.25) is 5.91 Å². The molecule has 1 atom stereocenters. The summed E-state index contributed by atoms with van der Waals surface area (Å²) in [4.78, 5) is 15.4. The van der Waals surface area contributed by atoms with Crippen molar-refractivity contribution in [2.24, 2.45) is 5.92 Å². The van der Waals surface area contributed by atoms with Gasteiger partial charge in [-0.25, -0.2) is 9.37 Å². The van der Waals surface area contributed by atoms with Crippen molar-refractivity contribution in [2.75, 3.05) is 18.4 Å². The molecule has 1 aliphatic rings. The molecule has 0 spiro atoms. The lowest BCUT2D eigenvalue weighted by atomic mass is 10.0. The molecule has 1 unspecified atom stereocenters. The predicted octanol–water partition coefficient (Wildman–Crippen LogP) is 2.39. The standard InChI is InChI=1S/C12H16FN3O.2ClH/c13-10-2-3-11(15-8-10)16-12(17)4-1-9-5-6-14-7-9;;/h2-3,8-9,14H,1,4-7H2,(H,15,16,17);2*1H. The Morgan fingerprint density at radius 3 is 2.84 bits per heavy atom. The first-order valence-electron chi connectivity index (χ1n) is 5.86. The second-order valence-electron chi connectivity index (χ2n) is 4.31. The van der Waals surface area contributed by atoms with Crippen LogP contribution in [-0.2, 0) is 4.79 Å². The van der Waals surface area contributed by atoms with Crippen LogP contribution in [0.4, 0.5) is 10.2 Å². The van der Waals surface area contributed by atoms with Gasteiger partial charge in [-0.1, -0.05) is 0 Å². The van der Waals surface area contributed by atoms with E-state index in [1.54, 1.807) is 0 Å².